The second kappa shape index (κ2) is 2.88. The van der Waals surface area contributed by atoms with E-state index >= 15 is 0 Å². The largest absolute Gasteiger partial charge is 0.362 e. The molecule has 0 spiro atoms. The lowest BCUT2D eigenvalue weighted by Gasteiger charge is -2.26. The fraction of sp³-hybridized carbons (Fsp3) is 0.500. The molecule has 0 aromatic rings. The van der Waals surface area contributed by atoms with Gasteiger partial charge in [-0.15, -0.1) is 0 Å². The van der Waals surface area contributed by atoms with Crippen molar-refractivity contribution in [3.63, 3.8) is 0 Å². The maximum atomic E-state index is 3.88. The summed E-state index contributed by atoms with van der Waals surface area (Å²) >= 11 is 0. The molecular formula is C8H14N2. The summed E-state index contributed by atoms with van der Waals surface area (Å²) in [7, 11) is 1.95. The first-order chi connectivity index (χ1) is 4.74. The molecule has 1 unspecified atom stereocenters. The van der Waals surface area contributed by atoms with Crippen LogP contribution in [0.15, 0.2) is 24.6 Å². The van der Waals surface area contributed by atoms with Crippen LogP contribution in [0.25, 0.3) is 0 Å². The van der Waals surface area contributed by atoms with Gasteiger partial charge in [0.25, 0.3) is 0 Å². The summed E-state index contributed by atoms with van der Waals surface area (Å²) in [6.45, 7) is 7.72. The van der Waals surface area contributed by atoms with Crippen molar-refractivity contribution in [3.8, 4) is 0 Å². The fourth-order valence-electron chi connectivity index (χ4n) is 1.19. The lowest BCUT2D eigenvalue weighted by atomic mass is 10.0. The monoisotopic (exact) mass is 138 g/mol. The third kappa shape index (κ3) is 1.39. The van der Waals surface area contributed by atoms with Crippen LogP contribution < -0.4 is 10.6 Å². The Morgan fingerprint density at radius 1 is 1.60 bits per heavy atom. The normalized spacial score (nSPS) is 26.3. The maximum Gasteiger partial charge on any atom is 0.0468 e. The molecule has 0 aromatic heterocycles. The maximum absolute atomic E-state index is 3.88. The summed E-state index contributed by atoms with van der Waals surface area (Å²) in [4.78, 5) is 0. The molecule has 1 saturated heterocycles. The molecule has 0 radical (unpaired) electrons. The molecule has 0 saturated carbocycles. The third-order valence-electron chi connectivity index (χ3n) is 1.84. The van der Waals surface area contributed by atoms with Crippen LogP contribution in [0.4, 0.5) is 0 Å². The molecule has 1 aliphatic heterocycles. The van der Waals surface area contributed by atoms with E-state index in [-0.39, 0.29) is 0 Å². The quantitative estimate of drug-likeness (QED) is 0.564. The van der Waals surface area contributed by atoms with Crippen LogP contribution in [0.1, 0.15) is 12.8 Å². The molecule has 0 aliphatic carbocycles. The standard InChI is InChI=1S/C8H14N2/c1-6-4-5-8(9-3)7(2)10-6/h8-10H,1-2,4-5H2,3H3. The van der Waals surface area contributed by atoms with Crippen molar-refractivity contribution >= 4 is 0 Å². The number of likely N-dealkylation sites (N-methyl/N-ethyl adjacent to an activating group) is 1. The van der Waals surface area contributed by atoms with Crippen LogP contribution in [0, 0.1) is 0 Å². The Balaban J connectivity index is 2.51. The lowest BCUT2D eigenvalue weighted by molar-refractivity contribution is 0.516. The number of nitrogens with one attached hydrogen (secondary N) is 2. The van der Waals surface area contributed by atoms with Gasteiger partial charge in [-0.2, -0.15) is 0 Å². The van der Waals surface area contributed by atoms with E-state index in [2.05, 4.69) is 23.8 Å². The smallest absolute Gasteiger partial charge is 0.0468 e. The summed E-state index contributed by atoms with van der Waals surface area (Å²) < 4.78 is 0. The summed E-state index contributed by atoms with van der Waals surface area (Å²) in [5.74, 6) is 0. The molecule has 56 valence electrons. The SMILES string of the molecule is C=C1CCC(NC)C(=C)N1. The second-order valence-corrected chi connectivity index (χ2v) is 2.63. The van der Waals surface area contributed by atoms with Gasteiger partial charge in [0.05, 0.1) is 0 Å². The first kappa shape index (κ1) is 7.35. The molecule has 1 atom stereocenters. The third-order valence-corrected chi connectivity index (χ3v) is 1.84. The second-order valence-electron chi connectivity index (χ2n) is 2.63. The highest BCUT2D eigenvalue weighted by atomic mass is 15.0. The molecule has 2 N–H and O–H groups in total. The highest BCUT2D eigenvalue weighted by Gasteiger charge is 2.15. The zero-order chi connectivity index (χ0) is 7.56. The van der Waals surface area contributed by atoms with Crippen LogP contribution in [0.2, 0.25) is 0 Å². The summed E-state index contributed by atoms with van der Waals surface area (Å²) in [6, 6.07) is 0.422. The van der Waals surface area contributed by atoms with Crippen molar-refractivity contribution in [2.24, 2.45) is 0 Å². The zero-order valence-corrected chi connectivity index (χ0v) is 6.41. The van der Waals surface area contributed by atoms with E-state index in [9.17, 15) is 0 Å². The highest BCUT2D eigenvalue weighted by Crippen LogP contribution is 2.15. The van der Waals surface area contributed by atoms with Gasteiger partial charge >= 0.3 is 0 Å². The lowest BCUT2D eigenvalue weighted by Crippen LogP contribution is -2.37. The molecule has 1 heterocycles. The van der Waals surface area contributed by atoms with Gasteiger partial charge in [-0.1, -0.05) is 13.2 Å². The van der Waals surface area contributed by atoms with Crippen molar-refractivity contribution in [1.82, 2.24) is 10.6 Å². The topological polar surface area (TPSA) is 24.1 Å². The van der Waals surface area contributed by atoms with Gasteiger partial charge in [-0.3, -0.25) is 0 Å². The van der Waals surface area contributed by atoms with Crippen molar-refractivity contribution < 1.29 is 0 Å². The van der Waals surface area contributed by atoms with Gasteiger partial charge in [-0.25, -0.2) is 0 Å². The summed E-state index contributed by atoms with van der Waals surface area (Å²) in [5, 5.41) is 6.30. The molecule has 0 bridgehead atoms. The first-order valence-corrected chi connectivity index (χ1v) is 3.55. The molecule has 1 rings (SSSR count). The van der Waals surface area contributed by atoms with E-state index in [0.29, 0.717) is 6.04 Å². The minimum Gasteiger partial charge on any atom is -0.362 e. The van der Waals surface area contributed by atoms with E-state index in [1.807, 2.05) is 7.05 Å². The average Bonchev–Trinajstić information content (AvgIpc) is 1.88. The van der Waals surface area contributed by atoms with Gasteiger partial charge in [-0.05, 0) is 19.9 Å². The Bertz CT molecular complexity index is 161. The predicted octanol–water partition coefficient (Wildman–Crippen LogP) is 0.985. The highest BCUT2D eigenvalue weighted by molar-refractivity contribution is 5.15. The molecule has 2 heteroatoms. The van der Waals surface area contributed by atoms with Crippen LogP contribution in [-0.2, 0) is 0 Å². The van der Waals surface area contributed by atoms with E-state index < -0.39 is 0 Å². The van der Waals surface area contributed by atoms with Crippen LogP contribution in [-0.4, -0.2) is 13.1 Å². The predicted molar refractivity (Wildman–Crippen MR) is 43.5 cm³/mol. The Labute approximate surface area is 62.0 Å². The Morgan fingerprint density at radius 2 is 2.30 bits per heavy atom. The summed E-state index contributed by atoms with van der Waals surface area (Å²) in [6.07, 6.45) is 2.16. The first-order valence-electron chi connectivity index (χ1n) is 3.55. The molecule has 2 nitrogen and oxygen atoms in total. The zero-order valence-electron chi connectivity index (χ0n) is 6.41. The number of allylic oxidation sites excluding steroid dienone is 1. The summed E-state index contributed by atoms with van der Waals surface area (Å²) in [5.41, 5.74) is 2.12. The van der Waals surface area contributed by atoms with Crippen LogP contribution in [0.3, 0.4) is 0 Å². The van der Waals surface area contributed by atoms with Gasteiger partial charge in [0.1, 0.15) is 0 Å². The average molecular weight is 138 g/mol. The molecular weight excluding hydrogens is 124 g/mol. The van der Waals surface area contributed by atoms with Crippen molar-refractivity contribution in [3.05, 3.63) is 24.6 Å². The molecule has 1 fully saturated rings. The van der Waals surface area contributed by atoms with Gasteiger partial charge in [0.15, 0.2) is 0 Å². The minimum atomic E-state index is 0.422. The van der Waals surface area contributed by atoms with Crippen molar-refractivity contribution in [2.75, 3.05) is 7.05 Å². The van der Waals surface area contributed by atoms with E-state index in [4.69, 9.17) is 0 Å². The number of piperidine rings is 1. The fourth-order valence-corrected chi connectivity index (χ4v) is 1.19. The Hall–Kier alpha value is -0.760. The molecule has 0 amide bonds. The molecule has 1 aliphatic rings. The van der Waals surface area contributed by atoms with E-state index in [1.165, 1.54) is 0 Å². The van der Waals surface area contributed by atoms with Gasteiger partial charge in [0, 0.05) is 17.4 Å². The van der Waals surface area contributed by atoms with Gasteiger partial charge < -0.3 is 10.6 Å². The minimum absolute atomic E-state index is 0.422. The van der Waals surface area contributed by atoms with Crippen molar-refractivity contribution in [1.29, 1.82) is 0 Å². The molecule has 10 heavy (non-hydrogen) atoms. The van der Waals surface area contributed by atoms with Crippen LogP contribution >= 0.6 is 0 Å². The van der Waals surface area contributed by atoms with E-state index in [0.717, 1.165) is 24.2 Å². The molecule has 0 aromatic carbocycles. The number of hydrogen-bond donors (Lipinski definition) is 2. The van der Waals surface area contributed by atoms with Crippen molar-refractivity contribution in [2.45, 2.75) is 18.9 Å². The van der Waals surface area contributed by atoms with Gasteiger partial charge in [0.2, 0.25) is 0 Å². The van der Waals surface area contributed by atoms with E-state index in [1.54, 1.807) is 0 Å². The Morgan fingerprint density at radius 3 is 2.80 bits per heavy atom. The number of hydrogen-bond acceptors (Lipinski definition) is 2. The van der Waals surface area contributed by atoms with Crippen LogP contribution in [0.5, 0.6) is 0 Å². The Kier molecular flexibility index (Phi) is 2.12. The number of rotatable bonds is 1.